The van der Waals surface area contributed by atoms with Gasteiger partial charge in [-0.2, -0.15) is 0 Å². The molecule has 1 saturated heterocycles. The quantitative estimate of drug-likeness (QED) is 0.878. The monoisotopic (exact) mass is 353 g/mol. The molecule has 1 aromatic rings. The third-order valence-corrected chi connectivity index (χ3v) is 5.41. The van der Waals surface area contributed by atoms with E-state index >= 15 is 0 Å². The molecule has 0 radical (unpaired) electrons. The van der Waals surface area contributed by atoms with Crippen molar-refractivity contribution >= 4 is 21.7 Å². The summed E-state index contributed by atoms with van der Waals surface area (Å²) in [6, 6.07) is 5.78. The van der Waals surface area contributed by atoms with Gasteiger partial charge in [0, 0.05) is 16.3 Å². The van der Waals surface area contributed by atoms with Crippen molar-refractivity contribution in [3.05, 3.63) is 28.2 Å². The van der Waals surface area contributed by atoms with Gasteiger partial charge in [0.05, 0.1) is 7.11 Å². The van der Waals surface area contributed by atoms with Crippen molar-refractivity contribution in [2.75, 3.05) is 20.2 Å². The molecule has 116 valence electrons. The Labute approximate surface area is 135 Å². The molecule has 1 aromatic carbocycles. The molecule has 1 N–H and O–H groups in total. The van der Waals surface area contributed by atoms with Gasteiger partial charge in [-0.25, -0.2) is 0 Å². The van der Waals surface area contributed by atoms with Gasteiger partial charge in [-0.05, 0) is 55.6 Å². The van der Waals surface area contributed by atoms with Gasteiger partial charge >= 0.3 is 0 Å². The summed E-state index contributed by atoms with van der Waals surface area (Å²) in [6.07, 6.45) is 2.73. The molecule has 0 bridgehead atoms. The fourth-order valence-electron chi connectivity index (χ4n) is 2.91. The number of methoxy groups -OCH3 is 1. The Morgan fingerprint density at radius 3 is 2.86 bits per heavy atom. The van der Waals surface area contributed by atoms with Crippen LogP contribution in [0.5, 0.6) is 5.75 Å². The van der Waals surface area contributed by atoms with Crippen LogP contribution >= 0.6 is 15.9 Å². The molecule has 4 heteroatoms. The van der Waals surface area contributed by atoms with E-state index < -0.39 is 0 Å². The predicted octanol–water partition coefficient (Wildman–Crippen LogP) is 3.60. The van der Waals surface area contributed by atoms with Crippen LogP contribution in [0.1, 0.15) is 32.3 Å². The predicted molar refractivity (Wildman–Crippen MR) is 88.8 cm³/mol. The molecule has 1 unspecified atom stereocenters. The molecule has 1 atom stereocenters. The minimum absolute atomic E-state index is 0.296. The van der Waals surface area contributed by atoms with Gasteiger partial charge in [0.15, 0.2) is 0 Å². The van der Waals surface area contributed by atoms with E-state index in [1.807, 2.05) is 18.2 Å². The fourth-order valence-corrected chi connectivity index (χ4v) is 3.30. The average molecular weight is 354 g/mol. The lowest BCUT2D eigenvalue weighted by molar-refractivity contribution is -0.129. The Bertz CT molecular complexity index is 508. The van der Waals surface area contributed by atoms with Gasteiger partial charge in [-0.1, -0.05) is 29.8 Å². The zero-order valence-corrected chi connectivity index (χ0v) is 14.6. The molecule has 0 amide bonds. The Morgan fingerprint density at radius 2 is 2.24 bits per heavy atom. The van der Waals surface area contributed by atoms with Crippen LogP contribution in [0, 0.1) is 11.3 Å². The van der Waals surface area contributed by atoms with E-state index in [1.54, 1.807) is 7.11 Å². The van der Waals surface area contributed by atoms with Gasteiger partial charge in [0.1, 0.15) is 11.5 Å². The molecular weight excluding hydrogens is 330 g/mol. The Hall–Kier alpha value is -0.870. The first kappa shape index (κ1) is 16.5. The molecule has 1 aliphatic heterocycles. The Balaban J connectivity index is 2.12. The highest BCUT2D eigenvalue weighted by Crippen LogP contribution is 2.35. The second-order valence-corrected chi connectivity index (χ2v) is 7.18. The minimum atomic E-state index is -0.296. The number of nitrogens with one attached hydrogen (secondary N) is 1. The van der Waals surface area contributed by atoms with Crippen LogP contribution in [-0.2, 0) is 11.2 Å². The molecule has 0 spiro atoms. The van der Waals surface area contributed by atoms with Crippen LogP contribution in [0.25, 0.3) is 0 Å². The first-order valence-electron chi connectivity index (χ1n) is 7.51. The number of carbonyl (C=O) groups excluding carboxylic acids is 1. The van der Waals surface area contributed by atoms with Gasteiger partial charge in [0.2, 0.25) is 0 Å². The van der Waals surface area contributed by atoms with Crippen molar-refractivity contribution in [3.63, 3.8) is 0 Å². The van der Waals surface area contributed by atoms with E-state index in [4.69, 9.17) is 4.74 Å². The van der Waals surface area contributed by atoms with Crippen LogP contribution in [0.15, 0.2) is 22.7 Å². The number of hydrogen-bond acceptors (Lipinski definition) is 3. The van der Waals surface area contributed by atoms with Crippen molar-refractivity contribution < 1.29 is 9.53 Å². The summed E-state index contributed by atoms with van der Waals surface area (Å²) < 4.78 is 6.22. The standard InChI is InChI=1S/C17H24BrNO2/c1-17(2,13-5-4-8-19-11-13)16(20)10-12-9-14(21-3)6-7-15(12)18/h6-7,9,13,19H,4-5,8,10-11H2,1-3H3. The van der Waals surface area contributed by atoms with Crippen molar-refractivity contribution in [1.82, 2.24) is 5.32 Å². The fraction of sp³-hybridized carbons (Fsp3) is 0.588. The lowest BCUT2D eigenvalue weighted by Gasteiger charge is -2.36. The summed E-state index contributed by atoms with van der Waals surface area (Å²) in [7, 11) is 1.65. The third-order valence-electron chi connectivity index (χ3n) is 4.64. The lowest BCUT2D eigenvalue weighted by atomic mass is 9.71. The molecule has 21 heavy (non-hydrogen) atoms. The zero-order valence-electron chi connectivity index (χ0n) is 13.0. The molecule has 0 saturated carbocycles. The van der Waals surface area contributed by atoms with E-state index in [0.29, 0.717) is 18.1 Å². The van der Waals surface area contributed by atoms with E-state index in [9.17, 15) is 4.79 Å². The summed E-state index contributed by atoms with van der Waals surface area (Å²) >= 11 is 3.53. The molecular formula is C17H24BrNO2. The normalized spacial score (nSPS) is 19.3. The number of benzene rings is 1. The van der Waals surface area contributed by atoms with Crippen molar-refractivity contribution in [1.29, 1.82) is 0 Å². The van der Waals surface area contributed by atoms with Gasteiger partial charge in [-0.3, -0.25) is 4.79 Å². The smallest absolute Gasteiger partial charge is 0.143 e. The third kappa shape index (κ3) is 3.86. The van der Waals surface area contributed by atoms with Gasteiger partial charge in [0.25, 0.3) is 0 Å². The molecule has 2 rings (SSSR count). The molecule has 1 fully saturated rings. The number of ketones is 1. The zero-order chi connectivity index (χ0) is 15.5. The van der Waals surface area contributed by atoms with Crippen molar-refractivity contribution in [2.24, 2.45) is 11.3 Å². The highest BCUT2D eigenvalue weighted by Gasteiger charge is 2.36. The molecule has 0 aliphatic carbocycles. The van der Waals surface area contributed by atoms with Crippen LogP contribution in [0.2, 0.25) is 0 Å². The second kappa shape index (κ2) is 6.93. The lowest BCUT2D eigenvalue weighted by Crippen LogP contribution is -2.43. The van der Waals surface area contributed by atoms with Crippen molar-refractivity contribution in [2.45, 2.75) is 33.1 Å². The summed E-state index contributed by atoms with van der Waals surface area (Å²) in [5, 5.41) is 3.41. The number of hydrogen-bond donors (Lipinski definition) is 1. The largest absolute Gasteiger partial charge is 0.497 e. The first-order chi connectivity index (χ1) is 9.95. The maximum absolute atomic E-state index is 12.8. The molecule has 0 aromatic heterocycles. The molecule has 3 nitrogen and oxygen atoms in total. The van der Waals surface area contributed by atoms with Crippen LogP contribution < -0.4 is 10.1 Å². The van der Waals surface area contributed by atoms with Crippen molar-refractivity contribution in [3.8, 4) is 5.75 Å². The van der Waals surface area contributed by atoms with Gasteiger partial charge in [-0.15, -0.1) is 0 Å². The highest BCUT2D eigenvalue weighted by atomic mass is 79.9. The number of rotatable bonds is 5. The van der Waals surface area contributed by atoms with E-state index in [-0.39, 0.29) is 5.41 Å². The number of halogens is 1. The maximum Gasteiger partial charge on any atom is 0.143 e. The second-order valence-electron chi connectivity index (χ2n) is 6.32. The molecule has 1 aliphatic rings. The highest BCUT2D eigenvalue weighted by molar-refractivity contribution is 9.10. The topological polar surface area (TPSA) is 38.3 Å². The minimum Gasteiger partial charge on any atom is -0.497 e. The number of Topliss-reactive ketones (excluding diaryl/α,β-unsaturated/α-hetero) is 1. The van der Waals surface area contributed by atoms with Crippen LogP contribution in [0.4, 0.5) is 0 Å². The van der Waals surface area contributed by atoms with Crippen LogP contribution in [-0.4, -0.2) is 26.0 Å². The van der Waals surface area contributed by atoms with Crippen LogP contribution in [0.3, 0.4) is 0 Å². The maximum atomic E-state index is 12.8. The SMILES string of the molecule is COc1ccc(Br)c(CC(=O)C(C)(C)C2CCCNC2)c1. The number of piperidine rings is 1. The Kier molecular flexibility index (Phi) is 5.44. The van der Waals surface area contributed by atoms with E-state index in [1.165, 1.54) is 0 Å². The summed E-state index contributed by atoms with van der Waals surface area (Å²) in [5.74, 6) is 1.51. The van der Waals surface area contributed by atoms with Gasteiger partial charge < -0.3 is 10.1 Å². The van der Waals surface area contributed by atoms with E-state index in [0.717, 1.165) is 41.7 Å². The van der Waals surface area contributed by atoms with E-state index in [2.05, 4.69) is 35.1 Å². The summed E-state index contributed by atoms with van der Waals surface area (Å²) in [6.45, 7) is 6.18. The number of carbonyl (C=O) groups is 1. The number of ether oxygens (including phenoxy) is 1. The summed E-state index contributed by atoms with van der Waals surface area (Å²) in [4.78, 5) is 12.8. The first-order valence-corrected chi connectivity index (χ1v) is 8.31. The summed E-state index contributed by atoms with van der Waals surface area (Å²) in [5.41, 5.74) is 0.701. The Morgan fingerprint density at radius 1 is 1.48 bits per heavy atom. The average Bonchev–Trinajstić information content (AvgIpc) is 2.50. The molecule has 1 heterocycles.